The number of carbonyl (C=O) groups excluding carboxylic acids is 1. The Labute approximate surface area is 93.5 Å². The molecule has 0 saturated carbocycles. The van der Waals surface area contributed by atoms with Crippen molar-refractivity contribution >= 4 is 5.91 Å². The van der Waals surface area contributed by atoms with Gasteiger partial charge in [0, 0.05) is 31.9 Å². The van der Waals surface area contributed by atoms with Gasteiger partial charge in [0.15, 0.2) is 5.82 Å². The highest BCUT2D eigenvalue weighted by Crippen LogP contribution is 2.10. The van der Waals surface area contributed by atoms with E-state index in [1.54, 1.807) is 4.90 Å². The van der Waals surface area contributed by atoms with Crippen molar-refractivity contribution in [3.8, 4) is 0 Å². The van der Waals surface area contributed by atoms with Gasteiger partial charge >= 0.3 is 0 Å². The molecule has 1 aliphatic rings. The molecule has 2 rings (SSSR count). The minimum atomic E-state index is -0.557. The van der Waals surface area contributed by atoms with E-state index in [-0.39, 0.29) is 17.5 Å². The molecule has 2 heterocycles. The fraction of sp³-hybridized carbons (Fsp3) is 0.455. The molecule has 1 aromatic rings. The smallest absolute Gasteiger partial charge is 0.257 e. The minimum absolute atomic E-state index is 0.101. The number of piperazine rings is 1. The predicted molar refractivity (Wildman–Crippen MR) is 57.6 cm³/mol. The lowest BCUT2D eigenvalue weighted by atomic mass is 10.2. The Balaban J connectivity index is 2.16. The second-order valence-electron chi connectivity index (χ2n) is 3.96. The van der Waals surface area contributed by atoms with Crippen LogP contribution in [0.5, 0.6) is 0 Å². The van der Waals surface area contributed by atoms with Crippen LogP contribution in [-0.2, 0) is 0 Å². The predicted octanol–water partition coefficient (Wildman–Crippen LogP) is 0.655. The number of pyridine rings is 1. The highest BCUT2D eigenvalue weighted by molar-refractivity contribution is 5.94. The van der Waals surface area contributed by atoms with E-state index in [4.69, 9.17) is 0 Å². The third-order valence-corrected chi connectivity index (χ3v) is 2.66. The lowest BCUT2D eigenvalue weighted by molar-refractivity contribution is 0.0704. The van der Waals surface area contributed by atoms with Gasteiger partial charge in [-0.05, 0) is 13.0 Å². The maximum atomic E-state index is 13.4. The zero-order chi connectivity index (χ0) is 11.5. The molecule has 1 aliphatic heterocycles. The average molecular weight is 223 g/mol. The van der Waals surface area contributed by atoms with Crippen LogP contribution in [0.15, 0.2) is 18.5 Å². The normalized spacial score (nSPS) is 20.9. The summed E-state index contributed by atoms with van der Waals surface area (Å²) in [5.74, 6) is -0.813. The zero-order valence-electron chi connectivity index (χ0n) is 9.11. The number of carbonyl (C=O) groups is 1. The lowest BCUT2D eigenvalue weighted by Crippen LogP contribution is -2.51. The summed E-state index contributed by atoms with van der Waals surface area (Å²) in [6, 6.07) is 1.67. The molecule has 1 atom stereocenters. The maximum Gasteiger partial charge on any atom is 0.257 e. The van der Waals surface area contributed by atoms with Crippen molar-refractivity contribution in [2.45, 2.75) is 13.0 Å². The topological polar surface area (TPSA) is 45.2 Å². The van der Waals surface area contributed by atoms with Gasteiger partial charge < -0.3 is 10.2 Å². The number of nitrogens with one attached hydrogen (secondary N) is 1. The Morgan fingerprint density at radius 1 is 1.69 bits per heavy atom. The molecule has 4 nitrogen and oxygen atoms in total. The lowest BCUT2D eigenvalue weighted by Gasteiger charge is -2.31. The van der Waals surface area contributed by atoms with Gasteiger partial charge in [-0.2, -0.15) is 0 Å². The summed E-state index contributed by atoms with van der Waals surface area (Å²) in [4.78, 5) is 17.3. The molecule has 0 spiro atoms. The minimum Gasteiger partial charge on any atom is -0.336 e. The van der Waals surface area contributed by atoms with E-state index in [0.717, 1.165) is 12.7 Å². The third-order valence-electron chi connectivity index (χ3n) is 2.66. The van der Waals surface area contributed by atoms with E-state index in [2.05, 4.69) is 10.3 Å². The first-order valence-electron chi connectivity index (χ1n) is 5.30. The van der Waals surface area contributed by atoms with Gasteiger partial charge in [-0.1, -0.05) is 0 Å². The van der Waals surface area contributed by atoms with Crippen molar-refractivity contribution in [3.05, 3.63) is 29.8 Å². The summed E-state index contributed by atoms with van der Waals surface area (Å²) in [7, 11) is 0. The Bertz CT molecular complexity index is 397. The Morgan fingerprint density at radius 3 is 3.19 bits per heavy atom. The van der Waals surface area contributed by atoms with Crippen LogP contribution in [0, 0.1) is 5.82 Å². The van der Waals surface area contributed by atoms with Crippen LogP contribution < -0.4 is 5.32 Å². The highest BCUT2D eigenvalue weighted by Gasteiger charge is 2.23. The summed E-state index contributed by atoms with van der Waals surface area (Å²) in [5, 5.41) is 3.23. The van der Waals surface area contributed by atoms with Crippen LogP contribution in [0.4, 0.5) is 4.39 Å². The van der Waals surface area contributed by atoms with Crippen LogP contribution >= 0.6 is 0 Å². The summed E-state index contributed by atoms with van der Waals surface area (Å²) >= 11 is 0. The fourth-order valence-electron chi connectivity index (χ4n) is 1.84. The molecule has 16 heavy (non-hydrogen) atoms. The largest absolute Gasteiger partial charge is 0.336 e. The number of aromatic nitrogens is 1. The van der Waals surface area contributed by atoms with Crippen molar-refractivity contribution in [2.24, 2.45) is 0 Å². The van der Waals surface area contributed by atoms with Crippen LogP contribution in [0.25, 0.3) is 0 Å². The molecular weight excluding hydrogens is 209 g/mol. The number of halogens is 1. The van der Waals surface area contributed by atoms with E-state index in [1.165, 1.54) is 12.3 Å². The van der Waals surface area contributed by atoms with Gasteiger partial charge in [0.05, 0.1) is 11.8 Å². The summed E-state index contributed by atoms with van der Waals surface area (Å²) < 4.78 is 13.4. The Kier molecular flexibility index (Phi) is 3.14. The number of amides is 1. The molecular formula is C11H14FN3O. The SMILES string of the molecule is C[C@@H]1CN(C(=O)c2ccncc2F)CCN1. The van der Waals surface area contributed by atoms with Gasteiger partial charge in [0.2, 0.25) is 0 Å². The maximum absolute atomic E-state index is 13.4. The summed E-state index contributed by atoms with van der Waals surface area (Å²) in [6.45, 7) is 3.98. The van der Waals surface area contributed by atoms with Gasteiger partial charge in [0.25, 0.3) is 5.91 Å². The van der Waals surface area contributed by atoms with Crippen LogP contribution in [-0.4, -0.2) is 41.5 Å². The molecule has 86 valence electrons. The quantitative estimate of drug-likeness (QED) is 0.760. The van der Waals surface area contributed by atoms with E-state index >= 15 is 0 Å². The van der Waals surface area contributed by atoms with E-state index < -0.39 is 5.82 Å². The molecule has 1 amide bonds. The monoisotopic (exact) mass is 223 g/mol. The van der Waals surface area contributed by atoms with Crippen molar-refractivity contribution in [2.75, 3.05) is 19.6 Å². The first kappa shape index (κ1) is 11.0. The third kappa shape index (κ3) is 2.19. The Hall–Kier alpha value is -1.49. The Morgan fingerprint density at radius 2 is 2.50 bits per heavy atom. The average Bonchev–Trinajstić information content (AvgIpc) is 2.29. The molecule has 0 unspecified atom stereocenters. The second kappa shape index (κ2) is 4.57. The molecule has 0 bridgehead atoms. The first-order chi connectivity index (χ1) is 7.68. The molecule has 0 radical (unpaired) electrons. The standard InChI is InChI=1S/C11H14FN3O/c1-8-7-15(5-4-14-8)11(16)9-2-3-13-6-10(9)12/h2-3,6,8,14H,4-5,7H2,1H3/t8-/m1/s1. The molecule has 1 saturated heterocycles. The van der Waals surface area contributed by atoms with Crippen molar-refractivity contribution in [1.82, 2.24) is 15.2 Å². The molecule has 1 N–H and O–H groups in total. The molecule has 1 fully saturated rings. The summed E-state index contributed by atoms with van der Waals surface area (Å²) in [6.07, 6.45) is 2.50. The van der Waals surface area contributed by atoms with Crippen LogP contribution in [0.2, 0.25) is 0 Å². The fourth-order valence-corrected chi connectivity index (χ4v) is 1.84. The van der Waals surface area contributed by atoms with Crippen LogP contribution in [0.1, 0.15) is 17.3 Å². The van der Waals surface area contributed by atoms with E-state index in [9.17, 15) is 9.18 Å². The first-order valence-corrected chi connectivity index (χ1v) is 5.30. The number of hydrogen-bond acceptors (Lipinski definition) is 3. The molecule has 1 aromatic heterocycles. The molecule has 0 aliphatic carbocycles. The van der Waals surface area contributed by atoms with Gasteiger partial charge in [0.1, 0.15) is 0 Å². The van der Waals surface area contributed by atoms with Gasteiger partial charge in [-0.3, -0.25) is 9.78 Å². The van der Waals surface area contributed by atoms with Crippen molar-refractivity contribution < 1.29 is 9.18 Å². The zero-order valence-corrected chi connectivity index (χ0v) is 9.11. The highest BCUT2D eigenvalue weighted by atomic mass is 19.1. The molecule has 0 aromatic carbocycles. The van der Waals surface area contributed by atoms with Crippen molar-refractivity contribution in [1.29, 1.82) is 0 Å². The molecule has 5 heteroatoms. The van der Waals surface area contributed by atoms with E-state index in [1.807, 2.05) is 6.92 Å². The van der Waals surface area contributed by atoms with Gasteiger partial charge in [-0.15, -0.1) is 0 Å². The second-order valence-corrected chi connectivity index (χ2v) is 3.96. The number of rotatable bonds is 1. The van der Waals surface area contributed by atoms with Gasteiger partial charge in [-0.25, -0.2) is 4.39 Å². The van der Waals surface area contributed by atoms with Crippen LogP contribution in [0.3, 0.4) is 0 Å². The number of nitrogens with zero attached hydrogens (tertiary/aromatic N) is 2. The van der Waals surface area contributed by atoms with Crippen molar-refractivity contribution in [3.63, 3.8) is 0 Å². The summed E-state index contributed by atoms with van der Waals surface area (Å²) in [5.41, 5.74) is 0.101. The number of hydrogen-bond donors (Lipinski definition) is 1. The van der Waals surface area contributed by atoms with E-state index in [0.29, 0.717) is 13.1 Å².